The van der Waals surface area contributed by atoms with E-state index in [0.29, 0.717) is 30.5 Å². The monoisotopic (exact) mass is 495 g/mol. The summed E-state index contributed by atoms with van der Waals surface area (Å²) in [5, 5.41) is 13.8. The fourth-order valence-electron chi connectivity index (χ4n) is 4.54. The van der Waals surface area contributed by atoms with Crippen molar-refractivity contribution in [1.82, 2.24) is 4.57 Å². The number of anilines is 1. The van der Waals surface area contributed by atoms with E-state index < -0.39 is 6.09 Å². The number of aromatic nitrogens is 1. The summed E-state index contributed by atoms with van der Waals surface area (Å²) >= 11 is 0. The van der Waals surface area contributed by atoms with Crippen LogP contribution < -0.4 is 10.1 Å². The van der Waals surface area contributed by atoms with Crippen LogP contribution in [0.15, 0.2) is 72.8 Å². The van der Waals surface area contributed by atoms with Crippen LogP contribution in [0.2, 0.25) is 0 Å². The summed E-state index contributed by atoms with van der Waals surface area (Å²) in [5.41, 5.74) is 4.98. The van der Waals surface area contributed by atoms with Crippen LogP contribution in [0.1, 0.15) is 43.0 Å². The molecule has 3 aromatic carbocycles. The first-order valence-corrected chi connectivity index (χ1v) is 12.4. The number of methoxy groups -OCH3 is 1. The van der Waals surface area contributed by atoms with Gasteiger partial charge in [-0.05, 0) is 55.2 Å². The summed E-state index contributed by atoms with van der Waals surface area (Å²) in [5.74, 6) is 0.753. The first-order chi connectivity index (χ1) is 18.1. The Hall–Kier alpha value is -4.28. The van der Waals surface area contributed by atoms with Gasteiger partial charge >= 0.3 is 6.09 Å². The van der Waals surface area contributed by atoms with Crippen LogP contribution in [-0.4, -0.2) is 31.0 Å². The third kappa shape index (κ3) is 5.30. The average Bonchev–Trinajstić information content (AvgIpc) is 3.70. The van der Waals surface area contributed by atoms with Crippen molar-refractivity contribution in [2.24, 2.45) is 0 Å². The molecule has 188 valence electrons. The van der Waals surface area contributed by atoms with E-state index in [9.17, 15) is 10.1 Å². The maximum atomic E-state index is 12.4. The third-order valence-corrected chi connectivity index (χ3v) is 6.51. The molecule has 1 aliphatic rings. The first-order valence-electron chi connectivity index (χ1n) is 12.4. The van der Waals surface area contributed by atoms with E-state index in [4.69, 9.17) is 14.2 Å². The van der Waals surface area contributed by atoms with Crippen molar-refractivity contribution in [2.75, 3.05) is 25.6 Å². The number of hydrogen-bond acceptors (Lipinski definition) is 5. The Balaban J connectivity index is 1.39. The summed E-state index contributed by atoms with van der Waals surface area (Å²) in [7, 11) is 1.64. The minimum atomic E-state index is -0.519. The zero-order valence-electron chi connectivity index (χ0n) is 20.9. The first kappa shape index (κ1) is 24.4. The highest BCUT2D eigenvalue weighted by molar-refractivity contribution is 5.96. The Morgan fingerprint density at radius 2 is 1.84 bits per heavy atom. The van der Waals surface area contributed by atoms with Gasteiger partial charge in [-0.3, -0.25) is 5.32 Å². The average molecular weight is 496 g/mol. The molecule has 1 aliphatic carbocycles. The molecule has 37 heavy (non-hydrogen) atoms. The molecule has 0 saturated heterocycles. The molecule has 1 N–H and O–H groups in total. The Morgan fingerprint density at radius 3 is 2.51 bits per heavy atom. The number of nitriles is 1. The van der Waals surface area contributed by atoms with Gasteiger partial charge in [-0.15, -0.1) is 0 Å². The van der Waals surface area contributed by atoms with Gasteiger partial charge in [0.25, 0.3) is 0 Å². The molecule has 1 saturated carbocycles. The summed E-state index contributed by atoms with van der Waals surface area (Å²) < 4.78 is 18.7. The zero-order chi connectivity index (χ0) is 25.8. The number of hydrogen-bond donors (Lipinski definition) is 1. The Morgan fingerprint density at radius 1 is 1.08 bits per heavy atom. The van der Waals surface area contributed by atoms with E-state index in [1.54, 1.807) is 7.11 Å². The van der Waals surface area contributed by atoms with Gasteiger partial charge in [0.05, 0.1) is 23.4 Å². The smallest absolute Gasteiger partial charge is 0.412 e. The Bertz CT molecular complexity index is 1430. The van der Waals surface area contributed by atoms with Crippen molar-refractivity contribution in [3.63, 3.8) is 0 Å². The normalized spacial score (nSPS) is 13.6. The van der Waals surface area contributed by atoms with Crippen LogP contribution in [0.25, 0.3) is 22.2 Å². The number of nitrogens with zero attached hydrogens (tertiary/aromatic N) is 2. The molecule has 4 aromatic rings. The highest BCUT2D eigenvalue weighted by atomic mass is 16.6. The minimum Gasteiger partial charge on any atom is -0.491 e. The molecule has 0 aliphatic heterocycles. The van der Waals surface area contributed by atoms with E-state index in [2.05, 4.69) is 16.0 Å². The van der Waals surface area contributed by atoms with Crippen LogP contribution >= 0.6 is 0 Å². The third-order valence-electron chi connectivity index (χ3n) is 6.51. The molecular weight excluding hydrogens is 466 g/mol. The molecule has 1 heterocycles. The summed E-state index contributed by atoms with van der Waals surface area (Å²) in [6, 6.07) is 25.8. The Kier molecular flexibility index (Phi) is 7.11. The van der Waals surface area contributed by atoms with E-state index in [1.165, 1.54) is 0 Å². The van der Waals surface area contributed by atoms with Crippen molar-refractivity contribution in [3.05, 3.63) is 83.9 Å². The fourth-order valence-corrected chi connectivity index (χ4v) is 4.54. The molecule has 1 atom stereocenters. The number of carbonyl (C=O) groups excluding carboxylic acids is 1. The van der Waals surface area contributed by atoms with Crippen molar-refractivity contribution in [1.29, 1.82) is 5.26 Å². The van der Waals surface area contributed by atoms with Crippen molar-refractivity contribution in [2.45, 2.75) is 31.9 Å². The predicted molar refractivity (Wildman–Crippen MR) is 143 cm³/mol. The van der Waals surface area contributed by atoms with E-state index in [-0.39, 0.29) is 6.10 Å². The second-order valence-electron chi connectivity index (χ2n) is 9.12. The lowest BCUT2D eigenvalue weighted by atomic mass is 10.1. The number of fused-ring (bicyclic) bond motifs is 1. The molecule has 7 heteroatoms. The Labute approximate surface area is 216 Å². The molecule has 5 rings (SSSR count). The summed E-state index contributed by atoms with van der Waals surface area (Å²) in [4.78, 5) is 12.4. The van der Waals surface area contributed by atoms with Crippen LogP contribution in [0.5, 0.6) is 5.75 Å². The number of rotatable bonds is 9. The topological polar surface area (TPSA) is 85.5 Å². The van der Waals surface area contributed by atoms with Crippen LogP contribution in [-0.2, 0) is 9.47 Å². The van der Waals surface area contributed by atoms with Crippen LogP contribution in [0.4, 0.5) is 10.5 Å². The van der Waals surface area contributed by atoms with Crippen molar-refractivity contribution >= 4 is 22.7 Å². The predicted octanol–water partition coefficient (Wildman–Crippen LogP) is 6.85. The maximum absolute atomic E-state index is 12.4. The van der Waals surface area contributed by atoms with Crippen molar-refractivity contribution in [3.8, 4) is 23.1 Å². The molecule has 0 radical (unpaired) electrons. The molecule has 1 unspecified atom stereocenters. The van der Waals surface area contributed by atoms with Crippen LogP contribution in [0.3, 0.4) is 0 Å². The van der Waals surface area contributed by atoms with Gasteiger partial charge in [0, 0.05) is 30.3 Å². The van der Waals surface area contributed by atoms with E-state index >= 15 is 0 Å². The number of ether oxygens (including phenoxy) is 3. The standard InChI is InChI=1S/C30H29N3O4/c1-20(21-6-4-3-5-7-21)37-30(34)32-23-10-8-22(9-11-23)29-27(19-31)26-15-14-25(36-17-16-35-2)18-28(26)33(29)24-12-13-24/h3-11,14-15,18,20,24H,12-13,16-17H2,1-2H3,(H,32,34). The second-order valence-corrected chi connectivity index (χ2v) is 9.12. The lowest BCUT2D eigenvalue weighted by Crippen LogP contribution is -2.16. The molecule has 1 amide bonds. The maximum Gasteiger partial charge on any atom is 0.412 e. The van der Waals surface area contributed by atoms with Gasteiger partial charge in [-0.25, -0.2) is 4.79 Å². The minimum absolute atomic E-state index is 0.348. The van der Waals surface area contributed by atoms with Crippen LogP contribution in [0, 0.1) is 11.3 Å². The van der Waals surface area contributed by atoms with Gasteiger partial charge in [-0.1, -0.05) is 42.5 Å². The SMILES string of the molecule is COCCOc1ccc2c(C#N)c(-c3ccc(NC(=O)OC(C)c4ccccc4)cc3)n(C3CC3)c2c1. The molecule has 1 aromatic heterocycles. The quantitative estimate of drug-likeness (QED) is 0.257. The van der Waals surface area contributed by atoms with Gasteiger partial charge in [0.15, 0.2) is 0 Å². The van der Waals surface area contributed by atoms with Gasteiger partial charge in [0.2, 0.25) is 0 Å². The zero-order valence-corrected chi connectivity index (χ0v) is 20.9. The number of carbonyl (C=O) groups is 1. The molecule has 0 bridgehead atoms. The molecule has 0 spiro atoms. The number of benzene rings is 3. The molecular formula is C30H29N3O4. The number of nitrogens with one attached hydrogen (secondary N) is 1. The lowest BCUT2D eigenvalue weighted by Gasteiger charge is -2.15. The van der Waals surface area contributed by atoms with Gasteiger partial charge < -0.3 is 18.8 Å². The fraction of sp³-hybridized carbons (Fsp3) is 0.267. The van der Waals surface area contributed by atoms with Crippen molar-refractivity contribution < 1.29 is 19.0 Å². The second kappa shape index (κ2) is 10.8. The van der Waals surface area contributed by atoms with E-state index in [0.717, 1.165) is 46.3 Å². The molecule has 1 fully saturated rings. The largest absolute Gasteiger partial charge is 0.491 e. The summed E-state index contributed by atoms with van der Waals surface area (Å²) in [6.45, 7) is 2.81. The molecule has 7 nitrogen and oxygen atoms in total. The highest BCUT2D eigenvalue weighted by Crippen LogP contribution is 2.45. The lowest BCUT2D eigenvalue weighted by molar-refractivity contribution is 0.121. The number of amides is 1. The van der Waals surface area contributed by atoms with Gasteiger partial charge in [0.1, 0.15) is 24.5 Å². The van der Waals surface area contributed by atoms with E-state index in [1.807, 2.05) is 79.7 Å². The summed E-state index contributed by atoms with van der Waals surface area (Å²) in [6.07, 6.45) is 1.26. The van der Waals surface area contributed by atoms with Gasteiger partial charge in [-0.2, -0.15) is 5.26 Å². The highest BCUT2D eigenvalue weighted by Gasteiger charge is 2.30.